The summed E-state index contributed by atoms with van der Waals surface area (Å²) in [5.41, 5.74) is 5.82. The molecule has 0 aromatic heterocycles. The number of methoxy groups -OCH3 is 1. The highest BCUT2D eigenvalue weighted by Gasteiger charge is 2.11. The largest absolute Gasteiger partial charge is 0.496 e. The quantitative estimate of drug-likeness (QED) is 0.517. The summed E-state index contributed by atoms with van der Waals surface area (Å²) >= 11 is 0. The standard InChI is InChI=1S/C22H26FN3O3/c1-14(2)19-12-16(15(3)11-20(19)29-4)13-24-26-22(28)10-9-21(27)25-18-7-5-17(23)6-8-18/h5-8,11-14H,9-10H2,1-4H3,(H,25,27)(H,26,28). The van der Waals surface area contributed by atoms with Crippen LogP contribution in [0.4, 0.5) is 10.1 Å². The molecule has 0 aliphatic heterocycles. The van der Waals surface area contributed by atoms with Gasteiger partial charge >= 0.3 is 0 Å². The molecule has 0 aliphatic rings. The summed E-state index contributed by atoms with van der Waals surface area (Å²) in [5, 5.41) is 6.60. The lowest BCUT2D eigenvalue weighted by atomic mass is 9.97. The maximum Gasteiger partial charge on any atom is 0.240 e. The molecule has 2 rings (SSSR count). The minimum atomic E-state index is -0.382. The SMILES string of the molecule is COc1cc(C)c(C=NNC(=O)CCC(=O)Nc2ccc(F)cc2)cc1C(C)C. The summed E-state index contributed by atoms with van der Waals surface area (Å²) in [6.07, 6.45) is 1.57. The van der Waals surface area contributed by atoms with Crippen LogP contribution in [-0.4, -0.2) is 25.1 Å². The van der Waals surface area contributed by atoms with Crippen molar-refractivity contribution in [3.05, 3.63) is 58.9 Å². The molecular weight excluding hydrogens is 373 g/mol. The molecule has 154 valence electrons. The van der Waals surface area contributed by atoms with Crippen LogP contribution in [0.15, 0.2) is 41.5 Å². The average molecular weight is 399 g/mol. The van der Waals surface area contributed by atoms with Gasteiger partial charge < -0.3 is 10.1 Å². The van der Waals surface area contributed by atoms with Crippen LogP contribution in [0.5, 0.6) is 5.75 Å². The van der Waals surface area contributed by atoms with Gasteiger partial charge in [-0.25, -0.2) is 9.82 Å². The van der Waals surface area contributed by atoms with Crippen molar-refractivity contribution in [2.75, 3.05) is 12.4 Å². The van der Waals surface area contributed by atoms with Crippen molar-refractivity contribution in [1.29, 1.82) is 0 Å². The molecule has 0 aliphatic carbocycles. The van der Waals surface area contributed by atoms with Crippen molar-refractivity contribution in [1.82, 2.24) is 5.43 Å². The topological polar surface area (TPSA) is 79.8 Å². The fraction of sp³-hybridized carbons (Fsp3) is 0.318. The zero-order valence-electron chi connectivity index (χ0n) is 17.1. The van der Waals surface area contributed by atoms with E-state index in [4.69, 9.17) is 4.74 Å². The molecule has 2 N–H and O–H groups in total. The molecule has 0 fully saturated rings. The number of hydrogen-bond donors (Lipinski definition) is 2. The van der Waals surface area contributed by atoms with Gasteiger partial charge in [0.05, 0.1) is 13.3 Å². The number of rotatable bonds is 8. The first-order chi connectivity index (χ1) is 13.8. The molecule has 2 aromatic rings. The van der Waals surface area contributed by atoms with Crippen LogP contribution in [0.2, 0.25) is 0 Å². The Bertz CT molecular complexity index is 893. The summed E-state index contributed by atoms with van der Waals surface area (Å²) in [6, 6.07) is 9.36. The third-order valence-corrected chi connectivity index (χ3v) is 4.34. The Hall–Kier alpha value is -3.22. The highest BCUT2D eigenvalue weighted by atomic mass is 19.1. The van der Waals surface area contributed by atoms with Gasteiger partial charge in [-0.15, -0.1) is 0 Å². The number of benzene rings is 2. The van der Waals surface area contributed by atoms with Crippen molar-refractivity contribution < 1.29 is 18.7 Å². The van der Waals surface area contributed by atoms with Gasteiger partial charge in [0.2, 0.25) is 11.8 Å². The Labute approximate surface area is 170 Å². The van der Waals surface area contributed by atoms with Crippen LogP contribution in [0, 0.1) is 12.7 Å². The predicted octanol–water partition coefficient (Wildman–Crippen LogP) is 4.14. The molecule has 0 unspecified atom stereocenters. The van der Waals surface area contributed by atoms with Crippen molar-refractivity contribution >= 4 is 23.7 Å². The molecule has 2 amide bonds. The first-order valence-corrected chi connectivity index (χ1v) is 9.36. The summed E-state index contributed by atoms with van der Waals surface area (Å²) < 4.78 is 18.3. The highest BCUT2D eigenvalue weighted by Crippen LogP contribution is 2.29. The van der Waals surface area contributed by atoms with E-state index < -0.39 is 0 Å². The Morgan fingerprint density at radius 1 is 1.14 bits per heavy atom. The van der Waals surface area contributed by atoms with Crippen molar-refractivity contribution in [2.24, 2.45) is 5.10 Å². The molecular formula is C22H26FN3O3. The second-order valence-electron chi connectivity index (χ2n) is 6.95. The first kappa shape index (κ1) is 22.1. The Morgan fingerprint density at radius 2 is 1.79 bits per heavy atom. The van der Waals surface area contributed by atoms with Gasteiger partial charge in [-0.1, -0.05) is 13.8 Å². The molecule has 0 radical (unpaired) electrons. The minimum absolute atomic E-state index is 0.00219. The number of carbonyl (C=O) groups excluding carboxylic acids is 2. The Kier molecular flexibility index (Phi) is 7.88. The van der Waals surface area contributed by atoms with E-state index in [2.05, 4.69) is 29.7 Å². The number of nitrogens with zero attached hydrogens (tertiary/aromatic N) is 1. The molecule has 2 aromatic carbocycles. The fourth-order valence-corrected chi connectivity index (χ4v) is 2.70. The van der Waals surface area contributed by atoms with E-state index in [-0.39, 0.29) is 36.4 Å². The van der Waals surface area contributed by atoms with Gasteiger partial charge in [-0.3, -0.25) is 9.59 Å². The molecule has 0 heterocycles. The van der Waals surface area contributed by atoms with E-state index in [0.717, 1.165) is 22.4 Å². The van der Waals surface area contributed by atoms with Gasteiger partial charge in [0.25, 0.3) is 0 Å². The van der Waals surface area contributed by atoms with Crippen LogP contribution in [0.25, 0.3) is 0 Å². The van der Waals surface area contributed by atoms with E-state index >= 15 is 0 Å². The zero-order valence-corrected chi connectivity index (χ0v) is 17.1. The maximum absolute atomic E-state index is 12.9. The number of hydrazone groups is 1. The molecule has 0 bridgehead atoms. The first-order valence-electron chi connectivity index (χ1n) is 9.36. The van der Waals surface area contributed by atoms with Crippen molar-refractivity contribution in [3.63, 3.8) is 0 Å². The van der Waals surface area contributed by atoms with Gasteiger partial charge in [-0.05, 0) is 65.9 Å². The minimum Gasteiger partial charge on any atom is -0.496 e. The van der Waals surface area contributed by atoms with Gasteiger partial charge in [0, 0.05) is 18.5 Å². The van der Waals surface area contributed by atoms with E-state index in [1.54, 1.807) is 13.3 Å². The van der Waals surface area contributed by atoms with E-state index in [1.807, 2.05) is 19.1 Å². The smallest absolute Gasteiger partial charge is 0.240 e. The highest BCUT2D eigenvalue weighted by molar-refractivity contribution is 5.93. The lowest BCUT2D eigenvalue weighted by Gasteiger charge is -2.14. The van der Waals surface area contributed by atoms with Gasteiger partial charge in [0.15, 0.2) is 0 Å². The summed E-state index contributed by atoms with van der Waals surface area (Å²) in [7, 11) is 1.64. The molecule has 0 saturated heterocycles. The monoisotopic (exact) mass is 399 g/mol. The van der Waals surface area contributed by atoms with Crippen molar-refractivity contribution in [3.8, 4) is 5.75 Å². The number of nitrogens with one attached hydrogen (secondary N) is 2. The number of carbonyl (C=O) groups is 2. The predicted molar refractivity (Wildman–Crippen MR) is 112 cm³/mol. The molecule has 29 heavy (non-hydrogen) atoms. The summed E-state index contributed by atoms with van der Waals surface area (Å²) in [4.78, 5) is 23.8. The lowest BCUT2D eigenvalue weighted by molar-refractivity contribution is -0.124. The number of anilines is 1. The van der Waals surface area contributed by atoms with Crippen LogP contribution in [-0.2, 0) is 9.59 Å². The fourth-order valence-electron chi connectivity index (χ4n) is 2.70. The van der Waals surface area contributed by atoms with Gasteiger partial charge in [-0.2, -0.15) is 5.10 Å². The number of hydrogen-bond acceptors (Lipinski definition) is 4. The third-order valence-electron chi connectivity index (χ3n) is 4.34. The van der Waals surface area contributed by atoms with Crippen LogP contribution < -0.4 is 15.5 Å². The number of ether oxygens (including phenoxy) is 1. The number of amides is 2. The van der Waals surface area contributed by atoms with E-state index in [1.165, 1.54) is 24.3 Å². The number of aryl methyl sites for hydroxylation is 1. The molecule has 0 spiro atoms. The molecule has 0 saturated carbocycles. The second kappa shape index (κ2) is 10.4. The zero-order chi connectivity index (χ0) is 21.4. The summed E-state index contributed by atoms with van der Waals surface area (Å²) in [5.74, 6) is 0.0275. The summed E-state index contributed by atoms with van der Waals surface area (Å²) in [6.45, 7) is 6.09. The molecule has 0 atom stereocenters. The average Bonchev–Trinajstić information content (AvgIpc) is 2.68. The van der Waals surface area contributed by atoms with Crippen LogP contribution in [0.1, 0.15) is 49.3 Å². The van der Waals surface area contributed by atoms with Crippen molar-refractivity contribution in [2.45, 2.75) is 39.5 Å². The van der Waals surface area contributed by atoms with Gasteiger partial charge in [0.1, 0.15) is 11.6 Å². The maximum atomic E-state index is 12.9. The molecule has 6 nitrogen and oxygen atoms in total. The normalized spacial score (nSPS) is 11.0. The lowest BCUT2D eigenvalue weighted by Crippen LogP contribution is -2.20. The van der Waals surface area contributed by atoms with Crippen LogP contribution >= 0.6 is 0 Å². The third kappa shape index (κ3) is 6.71. The van der Waals surface area contributed by atoms with E-state index in [9.17, 15) is 14.0 Å². The molecule has 7 heteroatoms. The second-order valence-corrected chi connectivity index (χ2v) is 6.95. The number of halogens is 1. The Morgan fingerprint density at radius 3 is 2.41 bits per heavy atom. The van der Waals surface area contributed by atoms with E-state index in [0.29, 0.717) is 5.69 Å². The van der Waals surface area contributed by atoms with Crippen LogP contribution in [0.3, 0.4) is 0 Å². The Balaban J connectivity index is 1.87.